The van der Waals surface area contributed by atoms with Crippen molar-refractivity contribution >= 4 is 11.6 Å². The van der Waals surface area contributed by atoms with Gasteiger partial charge in [-0.1, -0.05) is 12.1 Å². The average Bonchev–Trinajstić information content (AvgIpc) is 2.68. The molecule has 2 heterocycles. The second-order valence-corrected chi connectivity index (χ2v) is 6.10. The van der Waals surface area contributed by atoms with E-state index in [1.54, 1.807) is 23.2 Å². The van der Waals surface area contributed by atoms with Crippen LogP contribution in [0, 0.1) is 5.82 Å². The number of aromatic nitrogens is 2. The van der Waals surface area contributed by atoms with Crippen LogP contribution in [0.1, 0.15) is 17.4 Å². The number of fused-ring (bicyclic) bond motifs is 1. The predicted octanol–water partition coefficient (Wildman–Crippen LogP) is 3.71. The lowest BCUT2D eigenvalue weighted by Gasteiger charge is -2.34. The molecule has 0 N–H and O–H groups in total. The van der Waals surface area contributed by atoms with Crippen molar-refractivity contribution in [3.63, 3.8) is 0 Å². The summed E-state index contributed by atoms with van der Waals surface area (Å²) in [7, 11) is 0. The highest BCUT2D eigenvalue weighted by atomic mass is 19.1. The molecule has 2 aromatic carbocycles. The number of nitrogens with zero attached hydrogens (tertiary/aromatic N) is 3. The van der Waals surface area contributed by atoms with Gasteiger partial charge >= 0.3 is 0 Å². The van der Waals surface area contributed by atoms with Crippen molar-refractivity contribution in [3.8, 4) is 17.0 Å². The van der Waals surface area contributed by atoms with Gasteiger partial charge in [-0.25, -0.2) is 9.37 Å². The maximum absolute atomic E-state index is 13.1. The molecule has 3 aromatic rings. The highest BCUT2D eigenvalue weighted by Crippen LogP contribution is 2.34. The Morgan fingerprint density at radius 3 is 2.73 bits per heavy atom. The fourth-order valence-corrected chi connectivity index (χ4v) is 2.96. The quantitative estimate of drug-likeness (QED) is 0.708. The Bertz CT molecular complexity index is 959. The lowest BCUT2D eigenvalue weighted by atomic mass is 10.1. The molecule has 6 heteroatoms. The third-order valence-electron chi connectivity index (χ3n) is 4.26. The third-order valence-corrected chi connectivity index (χ3v) is 4.26. The number of ether oxygens (including phenoxy) is 1. The molecule has 0 bridgehead atoms. The summed E-state index contributed by atoms with van der Waals surface area (Å²) < 4.78 is 18.8. The van der Waals surface area contributed by atoms with Crippen LogP contribution in [-0.2, 0) is 0 Å². The summed E-state index contributed by atoms with van der Waals surface area (Å²) in [5.41, 5.74) is 2.16. The van der Waals surface area contributed by atoms with Gasteiger partial charge in [0.15, 0.2) is 0 Å². The summed E-state index contributed by atoms with van der Waals surface area (Å²) in [5.74, 6) is 0.0963. The van der Waals surface area contributed by atoms with Crippen molar-refractivity contribution in [3.05, 3.63) is 72.4 Å². The normalized spacial score (nSPS) is 15.9. The molecule has 0 radical (unpaired) electrons. The summed E-state index contributed by atoms with van der Waals surface area (Å²) in [6, 6.07) is 13.2. The van der Waals surface area contributed by atoms with Gasteiger partial charge in [0.2, 0.25) is 0 Å². The number of rotatable bonds is 2. The van der Waals surface area contributed by atoms with Crippen molar-refractivity contribution in [2.24, 2.45) is 0 Å². The zero-order chi connectivity index (χ0) is 18.1. The molecule has 1 aliphatic rings. The van der Waals surface area contributed by atoms with Gasteiger partial charge in [0.25, 0.3) is 5.91 Å². The third kappa shape index (κ3) is 2.90. The number of benzene rings is 2. The molecule has 0 fully saturated rings. The van der Waals surface area contributed by atoms with Gasteiger partial charge in [0.1, 0.15) is 23.9 Å². The number of para-hydroxylation sites is 2. The molecule has 1 aliphatic heterocycles. The Hall–Kier alpha value is -3.28. The molecule has 26 heavy (non-hydrogen) atoms. The van der Waals surface area contributed by atoms with Gasteiger partial charge in [0.05, 0.1) is 29.8 Å². The van der Waals surface area contributed by atoms with Gasteiger partial charge in [-0.2, -0.15) is 0 Å². The molecule has 1 amide bonds. The minimum atomic E-state index is -0.326. The van der Waals surface area contributed by atoms with Gasteiger partial charge in [-0.3, -0.25) is 14.7 Å². The van der Waals surface area contributed by atoms with Crippen molar-refractivity contribution in [2.45, 2.75) is 13.0 Å². The van der Waals surface area contributed by atoms with E-state index < -0.39 is 0 Å². The molecule has 4 rings (SSSR count). The SMILES string of the molecule is CC1COc2ccccc2N1C(=O)c1cncc(-c2ccc(F)cc2)n1. The molecular formula is C20H16FN3O2. The average molecular weight is 349 g/mol. The van der Waals surface area contributed by atoms with Gasteiger partial charge in [-0.05, 0) is 43.3 Å². The van der Waals surface area contributed by atoms with Crippen LogP contribution in [0.4, 0.5) is 10.1 Å². The van der Waals surface area contributed by atoms with Gasteiger partial charge in [0, 0.05) is 5.56 Å². The van der Waals surface area contributed by atoms with Crippen LogP contribution in [0.5, 0.6) is 5.75 Å². The fraction of sp³-hybridized carbons (Fsp3) is 0.150. The van der Waals surface area contributed by atoms with E-state index in [9.17, 15) is 9.18 Å². The molecule has 0 spiro atoms. The van der Waals surface area contributed by atoms with Crippen LogP contribution < -0.4 is 9.64 Å². The van der Waals surface area contributed by atoms with E-state index in [2.05, 4.69) is 9.97 Å². The van der Waals surface area contributed by atoms with Crippen molar-refractivity contribution < 1.29 is 13.9 Å². The number of anilines is 1. The van der Waals surface area contributed by atoms with E-state index in [1.807, 2.05) is 31.2 Å². The van der Waals surface area contributed by atoms with E-state index in [4.69, 9.17) is 4.74 Å². The van der Waals surface area contributed by atoms with E-state index in [-0.39, 0.29) is 23.5 Å². The first-order chi connectivity index (χ1) is 12.6. The number of hydrogen-bond acceptors (Lipinski definition) is 4. The fourth-order valence-electron chi connectivity index (χ4n) is 2.96. The number of halogens is 1. The van der Waals surface area contributed by atoms with Gasteiger partial charge in [-0.15, -0.1) is 0 Å². The molecular weight excluding hydrogens is 333 g/mol. The summed E-state index contributed by atoms with van der Waals surface area (Å²) in [4.78, 5) is 23.4. The topological polar surface area (TPSA) is 55.3 Å². The number of carbonyl (C=O) groups excluding carboxylic acids is 1. The molecule has 0 aliphatic carbocycles. The van der Waals surface area contributed by atoms with Crippen molar-refractivity contribution in [1.29, 1.82) is 0 Å². The molecule has 0 saturated heterocycles. The van der Waals surface area contributed by atoms with E-state index in [0.717, 1.165) is 0 Å². The maximum Gasteiger partial charge on any atom is 0.278 e. The predicted molar refractivity (Wildman–Crippen MR) is 95.6 cm³/mol. The largest absolute Gasteiger partial charge is 0.489 e. The molecule has 5 nitrogen and oxygen atoms in total. The van der Waals surface area contributed by atoms with Crippen molar-refractivity contribution in [2.75, 3.05) is 11.5 Å². The summed E-state index contributed by atoms with van der Waals surface area (Å²) in [5, 5.41) is 0. The Morgan fingerprint density at radius 1 is 1.15 bits per heavy atom. The Morgan fingerprint density at radius 2 is 1.92 bits per heavy atom. The minimum Gasteiger partial charge on any atom is -0.489 e. The van der Waals surface area contributed by atoms with Crippen LogP contribution >= 0.6 is 0 Å². The lowest BCUT2D eigenvalue weighted by molar-refractivity contribution is 0.0956. The summed E-state index contributed by atoms with van der Waals surface area (Å²) in [6.45, 7) is 2.33. The monoisotopic (exact) mass is 349 g/mol. The maximum atomic E-state index is 13.1. The standard InChI is InChI=1S/C20H16FN3O2/c1-13-12-26-19-5-3-2-4-18(19)24(13)20(25)17-11-22-10-16(23-17)14-6-8-15(21)9-7-14/h2-11,13H,12H2,1H3. The molecule has 1 aromatic heterocycles. The molecule has 0 saturated carbocycles. The van der Waals surface area contributed by atoms with Crippen LogP contribution in [-0.4, -0.2) is 28.5 Å². The zero-order valence-corrected chi connectivity index (χ0v) is 14.1. The van der Waals surface area contributed by atoms with Crippen LogP contribution in [0.15, 0.2) is 60.9 Å². The summed E-state index contributed by atoms with van der Waals surface area (Å²) >= 11 is 0. The zero-order valence-electron chi connectivity index (χ0n) is 14.1. The first kappa shape index (κ1) is 16.2. The number of amides is 1. The van der Waals surface area contributed by atoms with E-state index in [1.165, 1.54) is 18.3 Å². The van der Waals surface area contributed by atoms with E-state index >= 15 is 0 Å². The second-order valence-electron chi connectivity index (χ2n) is 6.10. The number of hydrogen-bond donors (Lipinski definition) is 0. The van der Waals surface area contributed by atoms with Crippen LogP contribution in [0.2, 0.25) is 0 Å². The Balaban J connectivity index is 1.71. The van der Waals surface area contributed by atoms with Crippen molar-refractivity contribution in [1.82, 2.24) is 9.97 Å². The van der Waals surface area contributed by atoms with Crippen LogP contribution in [0.25, 0.3) is 11.3 Å². The smallest absolute Gasteiger partial charge is 0.278 e. The highest BCUT2D eigenvalue weighted by molar-refractivity contribution is 6.06. The lowest BCUT2D eigenvalue weighted by Crippen LogP contribution is -2.45. The number of carbonyl (C=O) groups is 1. The minimum absolute atomic E-state index is 0.131. The molecule has 130 valence electrons. The Labute approximate surface area is 150 Å². The molecule has 1 atom stereocenters. The second kappa shape index (κ2) is 6.55. The first-order valence-electron chi connectivity index (χ1n) is 8.27. The molecule has 1 unspecified atom stereocenters. The Kier molecular flexibility index (Phi) is 4.08. The summed E-state index contributed by atoms with van der Waals surface area (Å²) in [6.07, 6.45) is 3.00. The van der Waals surface area contributed by atoms with E-state index in [0.29, 0.717) is 29.3 Å². The first-order valence-corrected chi connectivity index (χ1v) is 8.27. The van der Waals surface area contributed by atoms with Gasteiger partial charge < -0.3 is 4.74 Å². The highest BCUT2D eigenvalue weighted by Gasteiger charge is 2.31. The van der Waals surface area contributed by atoms with Crippen LogP contribution in [0.3, 0.4) is 0 Å².